The van der Waals surface area contributed by atoms with E-state index < -0.39 is 17.3 Å². The Hall–Kier alpha value is -5.56. The number of amides is 1. The van der Waals surface area contributed by atoms with E-state index >= 15 is 4.39 Å². The molecule has 4 heterocycles. The van der Waals surface area contributed by atoms with Gasteiger partial charge in [0.1, 0.15) is 18.2 Å². The molecule has 0 atom stereocenters. The third-order valence-electron chi connectivity index (χ3n) is 8.03. The van der Waals surface area contributed by atoms with Crippen LogP contribution in [0.1, 0.15) is 49.2 Å². The first-order valence-electron chi connectivity index (χ1n) is 15.4. The summed E-state index contributed by atoms with van der Waals surface area (Å²) in [7, 11) is 0. The number of aromatic nitrogens is 5. The Balaban J connectivity index is 1.34. The highest BCUT2D eigenvalue weighted by molar-refractivity contribution is 5.94. The number of anilines is 2. The van der Waals surface area contributed by atoms with Crippen molar-refractivity contribution in [2.45, 2.75) is 39.7 Å². The van der Waals surface area contributed by atoms with E-state index in [2.05, 4.69) is 25.6 Å². The van der Waals surface area contributed by atoms with Crippen molar-refractivity contribution >= 4 is 34.3 Å². The van der Waals surface area contributed by atoms with Gasteiger partial charge in [-0.15, -0.1) is 5.10 Å². The van der Waals surface area contributed by atoms with Crippen LogP contribution in [0.4, 0.5) is 16.0 Å². The number of esters is 1. The molecule has 0 spiro atoms. The number of carbonyl (C=O) groups is 2. The van der Waals surface area contributed by atoms with Crippen molar-refractivity contribution in [3.63, 3.8) is 0 Å². The molecule has 246 valence electrons. The van der Waals surface area contributed by atoms with Crippen molar-refractivity contribution in [2.75, 3.05) is 31.6 Å². The lowest BCUT2D eigenvalue weighted by molar-refractivity contribution is -0.142. The maximum absolute atomic E-state index is 15.4. The van der Waals surface area contributed by atoms with E-state index in [0.717, 1.165) is 10.2 Å². The van der Waals surface area contributed by atoms with Crippen LogP contribution >= 0.6 is 0 Å². The lowest BCUT2D eigenvalue weighted by Gasteiger charge is -2.26. The second-order valence-corrected chi connectivity index (χ2v) is 12.4. The Morgan fingerprint density at radius 1 is 1.02 bits per heavy atom. The number of halogens is 1. The molecule has 12 nitrogen and oxygen atoms in total. The highest BCUT2D eigenvalue weighted by Gasteiger charge is 2.22. The van der Waals surface area contributed by atoms with Crippen LogP contribution in [0.5, 0.6) is 0 Å². The van der Waals surface area contributed by atoms with Crippen LogP contribution in [0.25, 0.3) is 27.6 Å². The predicted molar refractivity (Wildman–Crippen MR) is 177 cm³/mol. The van der Waals surface area contributed by atoms with Gasteiger partial charge in [0, 0.05) is 42.7 Å². The molecule has 0 bridgehead atoms. The molecule has 48 heavy (non-hydrogen) atoms. The average molecular weight is 652 g/mol. The van der Waals surface area contributed by atoms with Crippen LogP contribution < -0.4 is 10.9 Å². The van der Waals surface area contributed by atoms with E-state index in [1.54, 1.807) is 47.4 Å². The van der Waals surface area contributed by atoms with Crippen molar-refractivity contribution < 1.29 is 23.5 Å². The number of nitrogens with zero attached hydrogens (tertiary/aromatic N) is 6. The molecule has 13 heteroatoms. The molecule has 1 fully saturated rings. The minimum atomic E-state index is -0.650. The number of rotatable bonds is 7. The number of pyridine rings is 1. The first-order valence-corrected chi connectivity index (χ1v) is 15.4. The lowest BCUT2D eigenvalue weighted by Crippen LogP contribution is -2.40. The monoisotopic (exact) mass is 651 g/mol. The average Bonchev–Trinajstić information content (AvgIpc) is 3.07. The fraction of sp³-hybridized carbons (Fsp3) is 0.286. The van der Waals surface area contributed by atoms with Gasteiger partial charge in [0.2, 0.25) is 0 Å². The normalized spacial score (nSPS) is 13.4. The molecule has 3 aromatic heterocycles. The standard InChI is InChI=1S/C35H34FN7O5/c1-21(44)48-20-27-26(6-5-7-29(27)43-34(46)32-24(19-39-43)14-25(16-28(32)36)35(2,3)4)23-15-31(41-38-18-23)40-30-9-8-22(17-37-30)33(45)42-10-12-47-13-11-42/h5-9,14-19H,10-13,20H2,1-4H3,(H,37,40,41). The Labute approximate surface area is 275 Å². The first kappa shape index (κ1) is 32.4. The Bertz CT molecular complexity index is 2070. The second-order valence-electron chi connectivity index (χ2n) is 12.4. The smallest absolute Gasteiger partial charge is 0.302 e. The summed E-state index contributed by atoms with van der Waals surface area (Å²) in [5.74, 6) is -0.479. The molecule has 1 amide bonds. The van der Waals surface area contributed by atoms with Crippen molar-refractivity contribution in [3.05, 3.63) is 100.0 Å². The largest absolute Gasteiger partial charge is 0.461 e. The van der Waals surface area contributed by atoms with Crippen LogP contribution in [-0.4, -0.2) is 68.0 Å². The van der Waals surface area contributed by atoms with E-state index in [-0.39, 0.29) is 23.3 Å². The zero-order chi connectivity index (χ0) is 34.0. The van der Waals surface area contributed by atoms with Crippen molar-refractivity contribution in [3.8, 4) is 16.8 Å². The second kappa shape index (κ2) is 13.3. The summed E-state index contributed by atoms with van der Waals surface area (Å²) in [6, 6.07) is 13.4. The lowest BCUT2D eigenvalue weighted by atomic mass is 9.86. The Morgan fingerprint density at radius 3 is 2.52 bits per heavy atom. The van der Waals surface area contributed by atoms with Gasteiger partial charge < -0.3 is 19.7 Å². The molecule has 1 aliphatic rings. The van der Waals surface area contributed by atoms with Crippen LogP contribution in [-0.2, 0) is 26.3 Å². The SMILES string of the molecule is CC(=O)OCc1c(-c2cnnc(Nc3ccc(C(=O)N4CCOCC4)cn3)c2)cccc1-n1ncc2cc(C(C)(C)C)cc(F)c2c1=O. The molecule has 5 aromatic rings. The van der Waals surface area contributed by atoms with Crippen LogP contribution in [0, 0.1) is 5.82 Å². The maximum Gasteiger partial charge on any atom is 0.302 e. The minimum Gasteiger partial charge on any atom is -0.461 e. The number of hydrogen-bond acceptors (Lipinski definition) is 10. The quantitative estimate of drug-likeness (QED) is 0.240. The summed E-state index contributed by atoms with van der Waals surface area (Å²) < 4.78 is 27.3. The van der Waals surface area contributed by atoms with Gasteiger partial charge in [-0.2, -0.15) is 14.9 Å². The fourth-order valence-corrected chi connectivity index (χ4v) is 5.46. The van der Waals surface area contributed by atoms with Gasteiger partial charge in [0.05, 0.1) is 42.2 Å². The zero-order valence-electron chi connectivity index (χ0n) is 27.0. The third kappa shape index (κ3) is 6.76. The molecule has 1 saturated heterocycles. The van der Waals surface area contributed by atoms with Gasteiger partial charge in [-0.3, -0.25) is 14.4 Å². The van der Waals surface area contributed by atoms with Crippen molar-refractivity contribution in [1.29, 1.82) is 0 Å². The zero-order valence-corrected chi connectivity index (χ0v) is 27.0. The van der Waals surface area contributed by atoms with Gasteiger partial charge in [-0.25, -0.2) is 9.37 Å². The molecule has 2 aromatic carbocycles. The number of benzene rings is 2. The molecule has 1 aliphatic heterocycles. The van der Waals surface area contributed by atoms with E-state index in [1.165, 1.54) is 31.6 Å². The molecule has 0 saturated carbocycles. The van der Waals surface area contributed by atoms with Crippen molar-refractivity contribution in [2.24, 2.45) is 0 Å². The molecule has 1 N–H and O–H groups in total. The van der Waals surface area contributed by atoms with Gasteiger partial charge in [-0.05, 0) is 52.9 Å². The molecule has 0 radical (unpaired) electrons. The summed E-state index contributed by atoms with van der Waals surface area (Å²) in [6.07, 6.45) is 4.49. The Morgan fingerprint density at radius 2 is 1.81 bits per heavy atom. The molecule has 0 aliphatic carbocycles. The number of ether oxygens (including phenoxy) is 2. The number of nitrogens with one attached hydrogen (secondary N) is 1. The van der Waals surface area contributed by atoms with Gasteiger partial charge in [0.15, 0.2) is 5.82 Å². The number of fused-ring (bicyclic) bond motifs is 1. The minimum absolute atomic E-state index is 0.0935. The maximum atomic E-state index is 15.4. The van der Waals surface area contributed by atoms with Crippen LogP contribution in [0.15, 0.2) is 71.9 Å². The van der Waals surface area contributed by atoms with E-state index in [0.29, 0.717) is 71.3 Å². The fourth-order valence-electron chi connectivity index (χ4n) is 5.46. The predicted octanol–water partition coefficient (Wildman–Crippen LogP) is 4.95. The summed E-state index contributed by atoms with van der Waals surface area (Å²) in [5.41, 5.74) is 2.17. The summed E-state index contributed by atoms with van der Waals surface area (Å²) in [5, 5.41) is 16.1. The number of morpholine rings is 1. The third-order valence-corrected chi connectivity index (χ3v) is 8.03. The van der Waals surface area contributed by atoms with E-state index in [4.69, 9.17) is 9.47 Å². The number of hydrogen-bond donors (Lipinski definition) is 1. The highest BCUT2D eigenvalue weighted by Crippen LogP contribution is 2.31. The highest BCUT2D eigenvalue weighted by atomic mass is 19.1. The Kier molecular flexibility index (Phi) is 8.96. The van der Waals surface area contributed by atoms with Crippen molar-refractivity contribution in [1.82, 2.24) is 29.9 Å². The van der Waals surface area contributed by atoms with E-state index in [9.17, 15) is 14.4 Å². The molecular formula is C35H34FN7O5. The topological polar surface area (TPSA) is 141 Å². The molecule has 0 unspecified atom stereocenters. The van der Waals surface area contributed by atoms with Crippen LogP contribution in [0.3, 0.4) is 0 Å². The van der Waals surface area contributed by atoms with Crippen LogP contribution in [0.2, 0.25) is 0 Å². The summed E-state index contributed by atoms with van der Waals surface area (Å²) >= 11 is 0. The van der Waals surface area contributed by atoms with Gasteiger partial charge in [-0.1, -0.05) is 32.9 Å². The molecule has 6 rings (SSSR count). The molecular weight excluding hydrogens is 617 g/mol. The summed E-state index contributed by atoms with van der Waals surface area (Å²) in [4.78, 5) is 44.5. The number of carbonyl (C=O) groups excluding carboxylic acids is 2. The summed E-state index contributed by atoms with van der Waals surface area (Å²) in [6.45, 7) is 9.06. The van der Waals surface area contributed by atoms with Gasteiger partial charge in [0.25, 0.3) is 11.5 Å². The first-order chi connectivity index (χ1) is 23.0. The van der Waals surface area contributed by atoms with E-state index in [1.807, 2.05) is 20.8 Å². The van der Waals surface area contributed by atoms with Gasteiger partial charge >= 0.3 is 5.97 Å².